The maximum absolute atomic E-state index is 5.84. The minimum absolute atomic E-state index is 0.749. The first kappa shape index (κ1) is 10.8. The molecule has 2 nitrogen and oxygen atoms in total. The van der Waals surface area contributed by atoms with Crippen molar-refractivity contribution in [1.29, 1.82) is 0 Å². The van der Waals surface area contributed by atoms with Gasteiger partial charge in [0.2, 0.25) is 0 Å². The molecule has 0 aliphatic carbocycles. The van der Waals surface area contributed by atoms with Gasteiger partial charge in [-0.3, -0.25) is 0 Å². The fraction of sp³-hybridized carbons (Fsp3) is 0.467. The van der Waals surface area contributed by atoms with Crippen LogP contribution in [-0.2, 0) is 6.42 Å². The molecule has 0 saturated carbocycles. The van der Waals surface area contributed by atoms with E-state index in [4.69, 9.17) is 4.42 Å². The minimum Gasteiger partial charge on any atom is -0.461 e. The van der Waals surface area contributed by atoms with E-state index in [0.717, 1.165) is 30.4 Å². The molecule has 0 unspecified atom stereocenters. The molecular weight excluding hydrogens is 210 g/mol. The first-order valence-electron chi connectivity index (χ1n) is 6.54. The summed E-state index contributed by atoms with van der Waals surface area (Å²) in [5.74, 6) is 1.12. The van der Waals surface area contributed by atoms with E-state index < -0.39 is 0 Å². The lowest BCUT2D eigenvalue weighted by molar-refractivity contribution is 0.266. The first-order valence-corrected chi connectivity index (χ1v) is 6.54. The summed E-state index contributed by atoms with van der Waals surface area (Å²) in [6.07, 6.45) is 3.72. The molecule has 2 aromatic rings. The van der Waals surface area contributed by atoms with Gasteiger partial charge >= 0.3 is 0 Å². The Kier molecular flexibility index (Phi) is 2.89. The molecule has 1 fully saturated rings. The molecule has 0 N–H and O–H groups in total. The molecule has 1 aliphatic rings. The van der Waals surface area contributed by atoms with Crippen LogP contribution in [0.4, 0.5) is 0 Å². The fourth-order valence-corrected chi connectivity index (χ4v) is 2.74. The summed E-state index contributed by atoms with van der Waals surface area (Å²) in [5.41, 5.74) is 1.01. The van der Waals surface area contributed by atoms with Gasteiger partial charge in [-0.05, 0) is 38.4 Å². The Morgan fingerprint density at radius 1 is 1.35 bits per heavy atom. The molecule has 17 heavy (non-hydrogen) atoms. The van der Waals surface area contributed by atoms with Gasteiger partial charge in [-0.15, -0.1) is 0 Å². The molecule has 1 aromatic heterocycles. The zero-order valence-corrected chi connectivity index (χ0v) is 10.4. The highest BCUT2D eigenvalue weighted by Gasteiger charge is 2.19. The fourth-order valence-electron chi connectivity index (χ4n) is 2.74. The Labute approximate surface area is 102 Å². The normalized spacial score (nSPS) is 21.4. The van der Waals surface area contributed by atoms with E-state index >= 15 is 0 Å². The van der Waals surface area contributed by atoms with Gasteiger partial charge in [0.05, 0.1) is 0 Å². The number of furan rings is 1. The molecule has 1 saturated heterocycles. The molecule has 2 heterocycles. The number of hydrogen-bond donors (Lipinski definition) is 0. The summed E-state index contributed by atoms with van der Waals surface area (Å²) in [6.45, 7) is 4.70. The molecule has 1 atom stereocenters. The molecule has 0 amide bonds. The second kappa shape index (κ2) is 4.53. The van der Waals surface area contributed by atoms with Gasteiger partial charge in [0, 0.05) is 24.4 Å². The minimum atomic E-state index is 0.749. The highest BCUT2D eigenvalue weighted by atomic mass is 16.3. The Morgan fingerprint density at radius 3 is 3.00 bits per heavy atom. The Hall–Kier alpha value is -1.28. The number of likely N-dealkylation sites (tertiary alicyclic amines) is 1. The van der Waals surface area contributed by atoms with E-state index in [9.17, 15) is 0 Å². The van der Waals surface area contributed by atoms with E-state index in [2.05, 4.69) is 30.0 Å². The lowest BCUT2D eigenvalue weighted by atomic mass is 10.2. The van der Waals surface area contributed by atoms with Crippen LogP contribution in [0.3, 0.4) is 0 Å². The van der Waals surface area contributed by atoms with Gasteiger partial charge in [0.15, 0.2) is 0 Å². The predicted molar refractivity (Wildman–Crippen MR) is 70.2 cm³/mol. The topological polar surface area (TPSA) is 16.4 Å². The summed E-state index contributed by atoms with van der Waals surface area (Å²) < 4.78 is 5.84. The van der Waals surface area contributed by atoms with Crippen molar-refractivity contribution in [2.75, 3.05) is 13.1 Å². The Bertz CT molecular complexity index is 469. The van der Waals surface area contributed by atoms with Crippen LogP contribution in [0.5, 0.6) is 0 Å². The number of para-hydroxylation sites is 1. The number of rotatable bonds is 3. The number of benzene rings is 1. The van der Waals surface area contributed by atoms with E-state index in [1.54, 1.807) is 0 Å². The van der Waals surface area contributed by atoms with Gasteiger partial charge in [-0.1, -0.05) is 18.2 Å². The van der Waals surface area contributed by atoms with E-state index in [1.807, 2.05) is 12.1 Å². The first-order chi connectivity index (χ1) is 8.33. The van der Waals surface area contributed by atoms with Gasteiger partial charge in [0.1, 0.15) is 11.3 Å². The molecule has 2 heteroatoms. The second-order valence-corrected chi connectivity index (χ2v) is 5.03. The zero-order chi connectivity index (χ0) is 11.7. The second-order valence-electron chi connectivity index (χ2n) is 5.03. The van der Waals surface area contributed by atoms with Crippen molar-refractivity contribution < 1.29 is 4.42 Å². The van der Waals surface area contributed by atoms with Crippen molar-refractivity contribution in [2.45, 2.75) is 32.2 Å². The van der Waals surface area contributed by atoms with Crippen molar-refractivity contribution in [1.82, 2.24) is 4.90 Å². The summed E-state index contributed by atoms with van der Waals surface area (Å²) >= 11 is 0. The zero-order valence-electron chi connectivity index (χ0n) is 10.4. The van der Waals surface area contributed by atoms with Crippen LogP contribution in [0.1, 0.15) is 25.5 Å². The molecule has 0 spiro atoms. The molecule has 90 valence electrons. The average molecular weight is 229 g/mol. The highest BCUT2D eigenvalue weighted by molar-refractivity contribution is 5.77. The highest BCUT2D eigenvalue weighted by Crippen LogP contribution is 2.21. The maximum Gasteiger partial charge on any atom is 0.134 e. The summed E-state index contributed by atoms with van der Waals surface area (Å²) in [7, 11) is 0. The summed E-state index contributed by atoms with van der Waals surface area (Å²) in [6, 6.07) is 11.2. The third-order valence-electron chi connectivity index (χ3n) is 3.81. The standard InChI is InChI=1S/C15H19NO/c1-12-5-4-9-16(12)10-8-14-11-13-6-2-3-7-15(13)17-14/h2-3,6-7,11-12H,4-5,8-10H2,1H3/t12-/m1/s1. The van der Waals surface area contributed by atoms with Crippen LogP contribution in [0.2, 0.25) is 0 Å². The molecular formula is C15H19NO. The smallest absolute Gasteiger partial charge is 0.134 e. The monoisotopic (exact) mass is 229 g/mol. The lowest BCUT2D eigenvalue weighted by Gasteiger charge is -2.19. The van der Waals surface area contributed by atoms with Gasteiger partial charge < -0.3 is 9.32 Å². The number of fused-ring (bicyclic) bond motifs is 1. The van der Waals surface area contributed by atoms with Gasteiger partial charge in [-0.25, -0.2) is 0 Å². The molecule has 0 bridgehead atoms. The molecule has 0 radical (unpaired) electrons. The SMILES string of the molecule is C[C@@H]1CCCN1CCc1cc2ccccc2o1. The Morgan fingerprint density at radius 2 is 2.24 bits per heavy atom. The van der Waals surface area contributed by atoms with Crippen LogP contribution < -0.4 is 0 Å². The lowest BCUT2D eigenvalue weighted by Crippen LogP contribution is -2.28. The van der Waals surface area contributed by atoms with E-state index in [-0.39, 0.29) is 0 Å². The third-order valence-corrected chi connectivity index (χ3v) is 3.81. The van der Waals surface area contributed by atoms with Crippen LogP contribution >= 0.6 is 0 Å². The van der Waals surface area contributed by atoms with Crippen LogP contribution in [-0.4, -0.2) is 24.0 Å². The predicted octanol–water partition coefficient (Wildman–Crippen LogP) is 3.46. The molecule has 3 rings (SSSR count). The third kappa shape index (κ3) is 2.22. The quantitative estimate of drug-likeness (QED) is 0.801. The molecule has 1 aromatic carbocycles. The number of nitrogens with zero attached hydrogens (tertiary/aromatic N) is 1. The van der Waals surface area contributed by atoms with Crippen molar-refractivity contribution in [3.05, 3.63) is 36.1 Å². The average Bonchev–Trinajstić information content (AvgIpc) is 2.92. The van der Waals surface area contributed by atoms with Crippen LogP contribution in [0.15, 0.2) is 34.7 Å². The van der Waals surface area contributed by atoms with E-state index in [1.165, 1.54) is 24.8 Å². The maximum atomic E-state index is 5.84. The number of hydrogen-bond acceptors (Lipinski definition) is 2. The van der Waals surface area contributed by atoms with Crippen molar-refractivity contribution >= 4 is 11.0 Å². The van der Waals surface area contributed by atoms with Crippen LogP contribution in [0, 0.1) is 0 Å². The Balaban J connectivity index is 1.68. The largest absolute Gasteiger partial charge is 0.461 e. The van der Waals surface area contributed by atoms with E-state index in [0.29, 0.717) is 0 Å². The summed E-state index contributed by atoms with van der Waals surface area (Å²) in [5, 5.41) is 1.22. The molecule has 1 aliphatic heterocycles. The van der Waals surface area contributed by atoms with Crippen molar-refractivity contribution in [2.24, 2.45) is 0 Å². The van der Waals surface area contributed by atoms with Gasteiger partial charge in [0.25, 0.3) is 0 Å². The summed E-state index contributed by atoms with van der Waals surface area (Å²) in [4.78, 5) is 2.56. The van der Waals surface area contributed by atoms with Crippen LogP contribution in [0.25, 0.3) is 11.0 Å². The van der Waals surface area contributed by atoms with Crippen molar-refractivity contribution in [3.63, 3.8) is 0 Å². The van der Waals surface area contributed by atoms with Crippen molar-refractivity contribution in [3.8, 4) is 0 Å². The van der Waals surface area contributed by atoms with Gasteiger partial charge in [-0.2, -0.15) is 0 Å².